The Morgan fingerprint density at radius 3 is 3.05 bits per heavy atom. The van der Waals surface area contributed by atoms with E-state index >= 15 is 0 Å². The molecule has 0 spiro atoms. The summed E-state index contributed by atoms with van der Waals surface area (Å²) in [7, 11) is 0. The van der Waals surface area contributed by atoms with Crippen LogP contribution >= 0.6 is 11.3 Å². The number of carbonyl (C=O) groups excluding carboxylic acids is 1. The van der Waals surface area contributed by atoms with E-state index in [4.69, 9.17) is 5.73 Å². The Hall–Kier alpha value is -1.66. The van der Waals surface area contributed by atoms with E-state index in [1.165, 1.54) is 11.3 Å². The number of aliphatic hydroxyl groups excluding tert-OH is 1. The highest BCUT2D eigenvalue weighted by Gasteiger charge is 2.26. The zero-order chi connectivity index (χ0) is 15.0. The van der Waals surface area contributed by atoms with Gasteiger partial charge in [0.05, 0.1) is 11.8 Å². The average molecular weight is 305 g/mol. The number of fused-ring (bicyclic) bond motifs is 1. The molecule has 0 radical (unpaired) electrons. The number of anilines is 1. The van der Waals surface area contributed by atoms with Gasteiger partial charge in [0.15, 0.2) is 0 Å². The minimum Gasteiger partial charge on any atom is -0.397 e. The number of nitrogen functional groups attached to an aromatic ring is 1. The number of nitrogens with zero attached hydrogens (tertiary/aromatic N) is 1. The van der Waals surface area contributed by atoms with Gasteiger partial charge in [0, 0.05) is 24.0 Å². The van der Waals surface area contributed by atoms with Crippen LogP contribution < -0.4 is 11.1 Å². The second-order valence-corrected chi connectivity index (χ2v) is 6.62. The highest BCUT2D eigenvalue weighted by Crippen LogP contribution is 2.34. The first-order valence-electron chi connectivity index (χ1n) is 7.17. The molecule has 2 atom stereocenters. The fourth-order valence-electron chi connectivity index (χ4n) is 2.93. The lowest BCUT2D eigenvalue weighted by Crippen LogP contribution is -2.32. The maximum absolute atomic E-state index is 12.3. The lowest BCUT2D eigenvalue weighted by Gasteiger charge is -2.14. The number of rotatable bonds is 3. The molecule has 1 amide bonds. The van der Waals surface area contributed by atoms with Gasteiger partial charge in [0.25, 0.3) is 5.91 Å². The Kier molecular flexibility index (Phi) is 3.82. The van der Waals surface area contributed by atoms with Crippen LogP contribution in [0.25, 0.3) is 10.2 Å². The maximum Gasteiger partial charge on any atom is 0.263 e. The van der Waals surface area contributed by atoms with Crippen molar-refractivity contribution >= 4 is 33.1 Å². The summed E-state index contributed by atoms with van der Waals surface area (Å²) in [6.45, 7) is 2.46. The van der Waals surface area contributed by atoms with Gasteiger partial charge in [0.2, 0.25) is 0 Å². The highest BCUT2D eigenvalue weighted by atomic mass is 32.1. The van der Waals surface area contributed by atoms with E-state index in [1.54, 1.807) is 6.20 Å². The lowest BCUT2D eigenvalue weighted by atomic mass is 10.1. The van der Waals surface area contributed by atoms with Gasteiger partial charge in [0.1, 0.15) is 9.71 Å². The van der Waals surface area contributed by atoms with Crippen molar-refractivity contribution in [2.24, 2.45) is 5.92 Å². The summed E-state index contributed by atoms with van der Waals surface area (Å²) < 4.78 is 0. The van der Waals surface area contributed by atoms with Gasteiger partial charge in [-0.1, -0.05) is 6.42 Å². The molecule has 0 bridgehead atoms. The summed E-state index contributed by atoms with van der Waals surface area (Å²) >= 11 is 1.32. The van der Waals surface area contributed by atoms with Crippen LogP contribution in [0.2, 0.25) is 0 Å². The van der Waals surface area contributed by atoms with Crippen molar-refractivity contribution in [2.75, 3.05) is 12.3 Å². The molecule has 1 aliphatic carbocycles. The molecule has 2 unspecified atom stereocenters. The molecule has 1 fully saturated rings. The van der Waals surface area contributed by atoms with Gasteiger partial charge < -0.3 is 16.2 Å². The molecule has 3 rings (SSSR count). The van der Waals surface area contributed by atoms with Crippen LogP contribution in [0.15, 0.2) is 12.3 Å². The van der Waals surface area contributed by atoms with Crippen LogP contribution in [0.3, 0.4) is 0 Å². The number of aliphatic hydroxyl groups is 1. The molecule has 0 saturated heterocycles. The van der Waals surface area contributed by atoms with Gasteiger partial charge in [-0.15, -0.1) is 11.3 Å². The third-order valence-corrected chi connectivity index (χ3v) is 5.30. The first kappa shape index (κ1) is 14.3. The quantitative estimate of drug-likeness (QED) is 0.810. The van der Waals surface area contributed by atoms with Crippen LogP contribution in [0.1, 0.15) is 34.5 Å². The number of carbonyl (C=O) groups is 1. The number of nitrogens with one attached hydrogen (secondary N) is 1. The van der Waals surface area contributed by atoms with E-state index < -0.39 is 0 Å². The number of pyridine rings is 1. The van der Waals surface area contributed by atoms with Crippen molar-refractivity contribution in [1.82, 2.24) is 10.3 Å². The van der Waals surface area contributed by atoms with Gasteiger partial charge in [-0.05, 0) is 31.4 Å². The van der Waals surface area contributed by atoms with E-state index in [0.717, 1.165) is 35.0 Å². The van der Waals surface area contributed by atoms with Gasteiger partial charge >= 0.3 is 0 Å². The van der Waals surface area contributed by atoms with Crippen molar-refractivity contribution in [3.63, 3.8) is 0 Å². The maximum atomic E-state index is 12.3. The molecule has 1 saturated carbocycles. The molecule has 0 aliphatic heterocycles. The Bertz CT molecular complexity index is 683. The number of hydrogen-bond acceptors (Lipinski definition) is 5. The van der Waals surface area contributed by atoms with Crippen LogP contribution in [-0.2, 0) is 0 Å². The van der Waals surface area contributed by atoms with Gasteiger partial charge in [-0.2, -0.15) is 0 Å². The predicted molar refractivity (Wildman–Crippen MR) is 84.5 cm³/mol. The zero-order valence-corrected chi connectivity index (χ0v) is 12.7. The molecule has 2 aromatic rings. The smallest absolute Gasteiger partial charge is 0.263 e. The molecule has 5 nitrogen and oxygen atoms in total. The summed E-state index contributed by atoms with van der Waals surface area (Å²) in [6.07, 6.45) is 4.24. The third kappa shape index (κ3) is 2.61. The molecule has 6 heteroatoms. The second-order valence-electron chi connectivity index (χ2n) is 5.62. The van der Waals surface area contributed by atoms with Crippen LogP contribution in [0.4, 0.5) is 5.69 Å². The van der Waals surface area contributed by atoms with Crippen LogP contribution in [-0.4, -0.2) is 28.6 Å². The summed E-state index contributed by atoms with van der Waals surface area (Å²) in [6, 6.07) is 1.89. The SMILES string of the molecule is Cc1ccnc2sc(C(=O)NCC3CCCC3O)c(N)c12. The van der Waals surface area contributed by atoms with E-state index in [2.05, 4.69) is 10.3 Å². The minimum atomic E-state index is -0.297. The van der Waals surface area contributed by atoms with E-state index in [0.29, 0.717) is 17.1 Å². The molecule has 112 valence electrons. The highest BCUT2D eigenvalue weighted by molar-refractivity contribution is 7.21. The largest absolute Gasteiger partial charge is 0.397 e. The molecule has 2 aromatic heterocycles. The van der Waals surface area contributed by atoms with Crippen molar-refractivity contribution in [2.45, 2.75) is 32.3 Å². The first-order valence-corrected chi connectivity index (χ1v) is 7.99. The van der Waals surface area contributed by atoms with E-state index in [-0.39, 0.29) is 17.9 Å². The Balaban J connectivity index is 1.78. The summed E-state index contributed by atoms with van der Waals surface area (Å²) in [5.74, 6) is -0.0154. The predicted octanol–water partition coefficient (Wildman–Crippen LogP) is 2.08. The number of nitrogens with two attached hydrogens (primary N) is 1. The van der Waals surface area contributed by atoms with Crippen LogP contribution in [0, 0.1) is 12.8 Å². The Morgan fingerprint density at radius 2 is 2.38 bits per heavy atom. The van der Waals surface area contributed by atoms with E-state index in [1.807, 2.05) is 13.0 Å². The number of aryl methyl sites for hydroxylation is 1. The van der Waals surface area contributed by atoms with Crippen molar-refractivity contribution in [3.05, 3.63) is 22.7 Å². The fourth-order valence-corrected chi connectivity index (χ4v) is 3.99. The second kappa shape index (κ2) is 5.61. The summed E-state index contributed by atoms with van der Waals surface area (Å²) in [4.78, 5) is 17.9. The van der Waals surface area contributed by atoms with E-state index in [9.17, 15) is 9.90 Å². The molecular formula is C15H19N3O2S. The molecule has 4 N–H and O–H groups in total. The van der Waals surface area contributed by atoms with Gasteiger partial charge in [-0.3, -0.25) is 4.79 Å². The average Bonchev–Trinajstić information content (AvgIpc) is 3.01. The van der Waals surface area contributed by atoms with Crippen molar-refractivity contribution in [1.29, 1.82) is 0 Å². The van der Waals surface area contributed by atoms with Crippen molar-refractivity contribution in [3.8, 4) is 0 Å². The van der Waals surface area contributed by atoms with Crippen molar-refractivity contribution < 1.29 is 9.90 Å². The number of hydrogen-bond donors (Lipinski definition) is 3. The first-order chi connectivity index (χ1) is 10.1. The monoisotopic (exact) mass is 305 g/mol. The molecular weight excluding hydrogens is 286 g/mol. The standard InChI is InChI=1S/C15H19N3O2S/c1-8-5-6-17-15-11(8)12(16)13(21-15)14(20)18-7-9-3-2-4-10(9)19/h5-6,9-10,19H,2-4,7,16H2,1H3,(H,18,20). The Morgan fingerprint density at radius 1 is 1.57 bits per heavy atom. The molecule has 21 heavy (non-hydrogen) atoms. The van der Waals surface area contributed by atoms with Crippen LogP contribution in [0.5, 0.6) is 0 Å². The number of aromatic nitrogens is 1. The summed E-state index contributed by atoms with van der Waals surface area (Å²) in [5, 5.41) is 13.6. The fraction of sp³-hybridized carbons (Fsp3) is 0.467. The lowest BCUT2D eigenvalue weighted by molar-refractivity contribution is 0.0921. The third-order valence-electron chi connectivity index (χ3n) is 4.19. The number of thiophene rings is 1. The molecule has 2 heterocycles. The van der Waals surface area contributed by atoms with Gasteiger partial charge in [-0.25, -0.2) is 4.98 Å². The molecule has 1 aliphatic rings. The minimum absolute atomic E-state index is 0.157. The number of amides is 1. The zero-order valence-electron chi connectivity index (χ0n) is 11.9. The summed E-state index contributed by atoms with van der Waals surface area (Å²) in [5.41, 5.74) is 7.64. The molecule has 0 aromatic carbocycles. The topological polar surface area (TPSA) is 88.2 Å². The Labute approximate surface area is 127 Å². The normalized spacial score (nSPS) is 21.8.